The average Bonchev–Trinajstić information content (AvgIpc) is 2.75. The number of nitrogens with one attached hydrogen (secondary N) is 2. The van der Waals surface area contributed by atoms with Crippen LogP contribution in [0.15, 0.2) is 47.6 Å². The van der Waals surface area contributed by atoms with Crippen LogP contribution < -0.4 is 15.4 Å². The highest BCUT2D eigenvalue weighted by Crippen LogP contribution is 2.40. The average molecular weight is 403 g/mol. The molecule has 150 valence electrons. The molecule has 1 fully saturated rings. The second-order valence-corrected chi connectivity index (χ2v) is 7.27. The second kappa shape index (κ2) is 9.75. The van der Waals surface area contributed by atoms with Crippen molar-refractivity contribution in [3.05, 3.63) is 58.9 Å². The zero-order valence-corrected chi connectivity index (χ0v) is 17.1. The van der Waals surface area contributed by atoms with Gasteiger partial charge in [0.2, 0.25) is 0 Å². The highest BCUT2D eigenvalue weighted by molar-refractivity contribution is 6.30. The summed E-state index contributed by atoms with van der Waals surface area (Å²) in [6.45, 7) is 2.72. The fourth-order valence-electron chi connectivity index (χ4n) is 3.55. The number of ether oxygens (including phenoxy) is 2. The minimum absolute atomic E-state index is 0.142. The second-order valence-electron chi connectivity index (χ2n) is 6.84. The first kappa shape index (κ1) is 20.4. The molecule has 0 amide bonds. The minimum Gasteiger partial charge on any atom is -0.496 e. The third-order valence-electron chi connectivity index (χ3n) is 5.16. The van der Waals surface area contributed by atoms with Crippen molar-refractivity contribution >= 4 is 17.6 Å². The summed E-state index contributed by atoms with van der Waals surface area (Å²) in [6, 6.07) is 11.7. The minimum atomic E-state index is -0.142. The Kier molecular flexibility index (Phi) is 7.12. The number of hydrogen-bond acceptors (Lipinski definition) is 4. The van der Waals surface area contributed by atoms with Gasteiger partial charge in [0.25, 0.3) is 0 Å². The van der Waals surface area contributed by atoms with E-state index in [1.165, 1.54) is 0 Å². The molecule has 2 heterocycles. The Labute approximate surface area is 171 Å². The standard InChI is InChI=1S/C21H27ClN4O2/c1-23-20(25-14-17-5-3-4-10-24-17)26-15-21(8-11-28-12-9-21)18-13-16(22)6-7-19(18)27-2/h3-7,10,13H,8-9,11-12,14-15H2,1-2H3,(H2,23,25,26). The van der Waals surface area contributed by atoms with E-state index < -0.39 is 0 Å². The van der Waals surface area contributed by atoms with Crippen LogP contribution in [0.1, 0.15) is 24.1 Å². The van der Waals surface area contributed by atoms with Crippen molar-refractivity contribution in [3.8, 4) is 5.75 Å². The van der Waals surface area contributed by atoms with Crippen LogP contribution in [0.25, 0.3) is 0 Å². The first-order chi connectivity index (χ1) is 13.7. The number of hydrogen-bond donors (Lipinski definition) is 2. The van der Waals surface area contributed by atoms with Gasteiger partial charge in [-0.1, -0.05) is 17.7 Å². The molecule has 1 aromatic heterocycles. The molecular formula is C21H27ClN4O2. The van der Waals surface area contributed by atoms with E-state index in [1.807, 2.05) is 36.4 Å². The summed E-state index contributed by atoms with van der Waals surface area (Å²) in [5, 5.41) is 7.51. The predicted molar refractivity (Wildman–Crippen MR) is 112 cm³/mol. The molecule has 1 aromatic carbocycles. The summed E-state index contributed by atoms with van der Waals surface area (Å²) in [6.07, 6.45) is 3.55. The van der Waals surface area contributed by atoms with Crippen LogP contribution in [-0.4, -0.2) is 44.9 Å². The van der Waals surface area contributed by atoms with Crippen LogP contribution in [0.4, 0.5) is 0 Å². The molecular weight excluding hydrogens is 376 g/mol. The van der Waals surface area contributed by atoms with Crippen molar-refractivity contribution in [1.82, 2.24) is 15.6 Å². The molecule has 0 aliphatic carbocycles. The fourth-order valence-corrected chi connectivity index (χ4v) is 3.72. The Morgan fingerprint density at radius 2 is 2.07 bits per heavy atom. The lowest BCUT2D eigenvalue weighted by Gasteiger charge is -2.39. The van der Waals surface area contributed by atoms with Crippen LogP contribution >= 0.6 is 11.6 Å². The third kappa shape index (κ3) is 4.94. The van der Waals surface area contributed by atoms with Crippen molar-refractivity contribution in [2.45, 2.75) is 24.8 Å². The van der Waals surface area contributed by atoms with E-state index in [0.717, 1.165) is 35.8 Å². The number of rotatable bonds is 6. The maximum Gasteiger partial charge on any atom is 0.191 e. The molecule has 1 aliphatic rings. The highest BCUT2D eigenvalue weighted by atomic mass is 35.5. The number of methoxy groups -OCH3 is 1. The van der Waals surface area contributed by atoms with E-state index in [4.69, 9.17) is 21.1 Å². The quantitative estimate of drug-likeness (QED) is 0.574. The molecule has 2 aromatic rings. The van der Waals surface area contributed by atoms with Crippen LogP contribution in [0.2, 0.25) is 5.02 Å². The zero-order valence-electron chi connectivity index (χ0n) is 16.4. The number of aromatic nitrogens is 1. The van der Waals surface area contributed by atoms with E-state index in [0.29, 0.717) is 31.3 Å². The first-order valence-electron chi connectivity index (χ1n) is 9.43. The van der Waals surface area contributed by atoms with E-state index in [2.05, 4.69) is 20.6 Å². The Hall–Kier alpha value is -2.31. The van der Waals surface area contributed by atoms with E-state index in [9.17, 15) is 0 Å². The lowest BCUT2D eigenvalue weighted by molar-refractivity contribution is 0.0505. The maximum atomic E-state index is 6.31. The van der Waals surface area contributed by atoms with Gasteiger partial charge >= 0.3 is 0 Å². The Morgan fingerprint density at radius 3 is 2.75 bits per heavy atom. The summed E-state index contributed by atoms with van der Waals surface area (Å²) < 4.78 is 11.3. The molecule has 1 saturated heterocycles. The molecule has 1 aliphatic heterocycles. The van der Waals surface area contributed by atoms with Gasteiger partial charge in [0.1, 0.15) is 5.75 Å². The van der Waals surface area contributed by atoms with Gasteiger partial charge in [0, 0.05) is 49.0 Å². The molecule has 7 heteroatoms. The third-order valence-corrected chi connectivity index (χ3v) is 5.40. The van der Waals surface area contributed by atoms with Gasteiger partial charge in [-0.25, -0.2) is 0 Å². The normalized spacial score (nSPS) is 16.5. The van der Waals surface area contributed by atoms with E-state index >= 15 is 0 Å². The summed E-state index contributed by atoms with van der Waals surface area (Å²) in [5.74, 6) is 1.59. The number of nitrogens with zero attached hydrogens (tertiary/aromatic N) is 2. The van der Waals surface area contributed by atoms with Crippen molar-refractivity contribution in [3.63, 3.8) is 0 Å². The number of benzene rings is 1. The summed E-state index contributed by atoms with van der Waals surface area (Å²) in [7, 11) is 3.46. The topological polar surface area (TPSA) is 67.8 Å². The Bertz CT molecular complexity index is 792. The van der Waals surface area contributed by atoms with Gasteiger partial charge in [-0.2, -0.15) is 0 Å². The van der Waals surface area contributed by atoms with Crippen LogP contribution in [0, 0.1) is 0 Å². The van der Waals surface area contributed by atoms with Gasteiger partial charge in [-0.15, -0.1) is 0 Å². The van der Waals surface area contributed by atoms with Crippen molar-refractivity contribution in [2.75, 3.05) is 33.9 Å². The summed E-state index contributed by atoms with van der Waals surface area (Å²) >= 11 is 6.31. The molecule has 0 bridgehead atoms. The van der Waals surface area contributed by atoms with Crippen molar-refractivity contribution in [2.24, 2.45) is 4.99 Å². The SMILES string of the molecule is CN=C(NCc1ccccn1)NCC1(c2cc(Cl)ccc2OC)CCOCC1. The first-order valence-corrected chi connectivity index (χ1v) is 9.81. The molecule has 0 unspecified atom stereocenters. The Morgan fingerprint density at radius 1 is 1.25 bits per heavy atom. The summed E-state index contributed by atoms with van der Waals surface area (Å²) in [5.41, 5.74) is 1.93. The molecule has 0 spiro atoms. The zero-order chi connectivity index (χ0) is 19.8. The summed E-state index contributed by atoms with van der Waals surface area (Å²) in [4.78, 5) is 8.69. The van der Waals surface area contributed by atoms with Crippen LogP contribution in [0.5, 0.6) is 5.75 Å². The monoisotopic (exact) mass is 402 g/mol. The van der Waals surface area contributed by atoms with Gasteiger partial charge in [-0.05, 0) is 43.2 Å². The molecule has 2 N–H and O–H groups in total. The van der Waals surface area contributed by atoms with Gasteiger partial charge in [0.05, 0.1) is 19.3 Å². The van der Waals surface area contributed by atoms with Gasteiger partial charge in [-0.3, -0.25) is 9.98 Å². The Balaban J connectivity index is 1.74. The number of guanidine groups is 1. The van der Waals surface area contributed by atoms with E-state index in [-0.39, 0.29) is 5.41 Å². The lowest BCUT2D eigenvalue weighted by atomic mass is 9.73. The maximum absolute atomic E-state index is 6.31. The molecule has 3 rings (SSSR count). The van der Waals surface area contributed by atoms with Gasteiger partial charge < -0.3 is 20.1 Å². The molecule has 28 heavy (non-hydrogen) atoms. The molecule has 0 saturated carbocycles. The fraction of sp³-hybridized carbons (Fsp3) is 0.429. The number of halogens is 1. The molecule has 6 nitrogen and oxygen atoms in total. The van der Waals surface area contributed by atoms with E-state index in [1.54, 1.807) is 20.4 Å². The van der Waals surface area contributed by atoms with Gasteiger partial charge in [0.15, 0.2) is 5.96 Å². The van der Waals surface area contributed by atoms with Crippen LogP contribution in [0.3, 0.4) is 0 Å². The lowest BCUT2D eigenvalue weighted by Crippen LogP contribution is -2.48. The van der Waals surface area contributed by atoms with Crippen molar-refractivity contribution in [1.29, 1.82) is 0 Å². The van der Waals surface area contributed by atoms with Crippen molar-refractivity contribution < 1.29 is 9.47 Å². The molecule has 0 atom stereocenters. The largest absolute Gasteiger partial charge is 0.496 e. The van der Waals surface area contributed by atoms with Crippen LogP contribution in [-0.2, 0) is 16.7 Å². The molecule has 0 radical (unpaired) electrons. The smallest absolute Gasteiger partial charge is 0.191 e. The highest BCUT2D eigenvalue weighted by Gasteiger charge is 2.37. The number of aliphatic imine (C=N–C) groups is 1. The number of pyridine rings is 1. The predicted octanol–water partition coefficient (Wildman–Crippen LogP) is 3.16.